The fourth-order valence-corrected chi connectivity index (χ4v) is 6.30. The summed E-state index contributed by atoms with van der Waals surface area (Å²) in [5.74, 6) is -3.43. The molecule has 4 aromatic rings. The lowest BCUT2D eigenvalue weighted by molar-refractivity contribution is -0.261. The minimum absolute atomic E-state index is 0.00962. The highest BCUT2D eigenvalue weighted by Crippen LogP contribution is 2.53. The van der Waals surface area contributed by atoms with Crippen LogP contribution in [0.4, 0.5) is 0 Å². The summed E-state index contributed by atoms with van der Waals surface area (Å²) < 4.78 is 32.5. The summed E-state index contributed by atoms with van der Waals surface area (Å²) in [4.78, 5) is 14.0. The van der Waals surface area contributed by atoms with Crippen molar-refractivity contribution in [2.75, 3.05) is 6.61 Å². The van der Waals surface area contributed by atoms with E-state index in [4.69, 9.17) is 23.7 Å². The fourth-order valence-electron chi connectivity index (χ4n) is 6.30. The molecule has 1 aliphatic heterocycles. The number of ether oxygens (including phenoxy) is 5. The fraction of sp³-hybridized carbons (Fsp3) is 0.324. The van der Waals surface area contributed by atoms with Crippen LogP contribution in [0.5, 0.6) is 0 Å². The first-order valence-electron chi connectivity index (χ1n) is 15.0. The Morgan fingerprint density at radius 2 is 1.02 bits per heavy atom. The number of carbonyl (C=O) groups excluding carboxylic acids is 1. The number of ketones is 1. The quantitative estimate of drug-likeness (QED) is 0.215. The molecule has 7 heteroatoms. The van der Waals surface area contributed by atoms with Crippen LogP contribution in [-0.4, -0.2) is 47.2 Å². The molecule has 2 aliphatic rings. The molecule has 1 saturated carbocycles. The molecule has 7 nitrogen and oxygen atoms in total. The number of aliphatic hydroxyl groups is 1. The maximum atomic E-state index is 14.0. The Balaban J connectivity index is 1.36. The first kappa shape index (κ1) is 30.3. The monoisotopic (exact) mass is 594 g/mol. The molecule has 6 rings (SSSR count). The zero-order chi connectivity index (χ0) is 30.4. The van der Waals surface area contributed by atoms with Gasteiger partial charge < -0.3 is 28.8 Å². The molecular weight excluding hydrogens is 556 g/mol. The predicted molar refractivity (Wildman–Crippen MR) is 164 cm³/mol. The van der Waals surface area contributed by atoms with Gasteiger partial charge in [-0.25, -0.2) is 0 Å². The molecule has 0 unspecified atom stereocenters. The van der Waals surface area contributed by atoms with Crippen molar-refractivity contribution in [3.05, 3.63) is 144 Å². The van der Waals surface area contributed by atoms with Gasteiger partial charge in [0.15, 0.2) is 5.78 Å². The van der Waals surface area contributed by atoms with Crippen LogP contribution in [0.25, 0.3) is 0 Å². The van der Waals surface area contributed by atoms with Gasteiger partial charge in [-0.3, -0.25) is 4.79 Å². The van der Waals surface area contributed by atoms with Crippen LogP contribution in [0.2, 0.25) is 0 Å². The minimum Gasteiger partial charge on any atom is -0.374 e. The Morgan fingerprint density at radius 3 is 1.50 bits per heavy atom. The molecule has 228 valence electrons. The van der Waals surface area contributed by atoms with Gasteiger partial charge in [0, 0.05) is 0 Å². The van der Waals surface area contributed by atoms with Gasteiger partial charge >= 0.3 is 0 Å². The van der Waals surface area contributed by atoms with Crippen molar-refractivity contribution in [1.29, 1.82) is 0 Å². The zero-order valence-electron chi connectivity index (χ0n) is 24.8. The van der Waals surface area contributed by atoms with Crippen molar-refractivity contribution in [2.45, 2.75) is 63.1 Å². The molecule has 0 amide bonds. The second kappa shape index (κ2) is 13.5. The lowest BCUT2D eigenvalue weighted by Crippen LogP contribution is -2.52. The molecule has 0 bridgehead atoms. The number of hydrogen-bond acceptors (Lipinski definition) is 7. The van der Waals surface area contributed by atoms with Gasteiger partial charge in [0.1, 0.15) is 17.8 Å². The van der Waals surface area contributed by atoms with E-state index in [0.717, 1.165) is 22.3 Å². The molecule has 0 aromatic heterocycles. The van der Waals surface area contributed by atoms with Gasteiger partial charge in [0.2, 0.25) is 5.79 Å². The minimum atomic E-state index is -2.05. The van der Waals surface area contributed by atoms with Gasteiger partial charge in [0.25, 0.3) is 0 Å². The summed E-state index contributed by atoms with van der Waals surface area (Å²) in [5, 5.41) is 11.3. The molecule has 4 aromatic carbocycles. The Hall–Kier alpha value is -3.69. The number of carbonyl (C=O) groups is 1. The van der Waals surface area contributed by atoms with Gasteiger partial charge in [-0.1, -0.05) is 121 Å². The molecule has 2 fully saturated rings. The van der Waals surface area contributed by atoms with Crippen LogP contribution in [0.15, 0.2) is 121 Å². The van der Waals surface area contributed by atoms with E-state index >= 15 is 0 Å². The zero-order valence-corrected chi connectivity index (χ0v) is 24.8. The first-order chi connectivity index (χ1) is 21.5. The van der Waals surface area contributed by atoms with Crippen LogP contribution in [0, 0.1) is 5.92 Å². The van der Waals surface area contributed by atoms with E-state index in [1.165, 1.54) is 6.92 Å². The van der Waals surface area contributed by atoms with E-state index in [1.807, 2.05) is 121 Å². The average molecular weight is 595 g/mol. The highest BCUT2D eigenvalue weighted by atomic mass is 16.7. The summed E-state index contributed by atoms with van der Waals surface area (Å²) in [7, 11) is 0. The second-order valence-electron chi connectivity index (χ2n) is 11.6. The molecule has 1 saturated heterocycles. The third-order valence-electron chi connectivity index (χ3n) is 8.37. The lowest BCUT2D eigenvalue weighted by Gasteiger charge is -2.36. The number of rotatable bonds is 13. The van der Waals surface area contributed by atoms with Crippen molar-refractivity contribution in [3.63, 3.8) is 0 Å². The summed E-state index contributed by atoms with van der Waals surface area (Å²) in [6.45, 7) is 2.44. The number of hydrogen-bond donors (Lipinski definition) is 1. The third kappa shape index (κ3) is 6.54. The van der Waals surface area contributed by atoms with E-state index in [9.17, 15) is 9.90 Å². The van der Waals surface area contributed by atoms with E-state index < -0.39 is 41.4 Å². The van der Waals surface area contributed by atoms with Gasteiger partial charge in [-0.15, -0.1) is 0 Å². The van der Waals surface area contributed by atoms with Gasteiger partial charge in [-0.05, 0) is 29.2 Å². The van der Waals surface area contributed by atoms with Crippen molar-refractivity contribution >= 4 is 5.78 Å². The lowest BCUT2D eigenvalue weighted by atomic mass is 9.86. The number of fused-ring (bicyclic) bond motifs is 1. The van der Waals surface area contributed by atoms with Crippen molar-refractivity contribution in [1.82, 2.24) is 0 Å². The average Bonchev–Trinajstić information content (AvgIpc) is 3.42. The molecule has 0 radical (unpaired) electrons. The molecule has 1 heterocycles. The normalized spacial score (nSPS) is 27.8. The molecule has 44 heavy (non-hydrogen) atoms. The van der Waals surface area contributed by atoms with Crippen LogP contribution in [-0.2, 0) is 54.9 Å². The molecule has 0 spiro atoms. The van der Waals surface area contributed by atoms with Crippen LogP contribution in [0.3, 0.4) is 0 Å². The summed E-state index contributed by atoms with van der Waals surface area (Å²) in [6, 6.07) is 39.2. The third-order valence-corrected chi connectivity index (χ3v) is 8.37. The Kier molecular flexibility index (Phi) is 9.33. The summed E-state index contributed by atoms with van der Waals surface area (Å²) in [6.07, 6.45) is -2.28. The molecule has 6 atom stereocenters. The van der Waals surface area contributed by atoms with Gasteiger partial charge in [-0.2, -0.15) is 0 Å². The molecular formula is C37H38O7. The van der Waals surface area contributed by atoms with E-state index in [-0.39, 0.29) is 26.4 Å². The molecule has 1 N–H and O–H groups in total. The van der Waals surface area contributed by atoms with Crippen LogP contribution in [0.1, 0.15) is 29.2 Å². The highest BCUT2D eigenvalue weighted by Gasteiger charge is 2.74. The van der Waals surface area contributed by atoms with Crippen molar-refractivity contribution in [2.24, 2.45) is 5.92 Å². The Bertz CT molecular complexity index is 1480. The number of Topliss-reactive ketones (excluding diaryl/α,β-unsaturated/α-hetero) is 1. The Labute approximate surface area is 258 Å². The van der Waals surface area contributed by atoms with E-state index in [0.29, 0.717) is 6.61 Å². The SMILES string of the molecule is C[C@]1(O)O[C@]2(COCc3ccccc3)[C@@H](OCc3ccccc3)[C@H](OCc3ccccc3)[C@@H](OCc3ccccc3)[C@@H]2C1=O. The van der Waals surface area contributed by atoms with E-state index in [2.05, 4.69) is 0 Å². The van der Waals surface area contributed by atoms with E-state index in [1.54, 1.807) is 0 Å². The summed E-state index contributed by atoms with van der Waals surface area (Å²) >= 11 is 0. The van der Waals surface area contributed by atoms with Crippen LogP contribution < -0.4 is 0 Å². The van der Waals surface area contributed by atoms with Gasteiger partial charge in [0.05, 0.1) is 45.1 Å². The number of benzene rings is 4. The van der Waals surface area contributed by atoms with Crippen molar-refractivity contribution < 1.29 is 33.6 Å². The largest absolute Gasteiger partial charge is 0.374 e. The maximum absolute atomic E-state index is 14.0. The van der Waals surface area contributed by atoms with Crippen LogP contribution >= 0.6 is 0 Å². The highest BCUT2D eigenvalue weighted by molar-refractivity contribution is 5.92. The summed E-state index contributed by atoms with van der Waals surface area (Å²) in [5.41, 5.74) is 2.49. The maximum Gasteiger partial charge on any atom is 0.224 e. The second-order valence-corrected chi connectivity index (χ2v) is 11.6. The predicted octanol–water partition coefficient (Wildman–Crippen LogP) is 5.64. The van der Waals surface area contributed by atoms with Crippen molar-refractivity contribution in [3.8, 4) is 0 Å². The standard InChI is InChI=1S/C37H38O7/c1-36(39)34(38)31-32(41-23-28-16-8-3-9-17-28)33(42-24-29-18-10-4-11-19-29)35(43-25-30-20-12-5-13-21-30)37(31,44-36)26-40-22-27-14-6-2-7-15-27/h2-21,31-33,35,39H,22-26H2,1H3/t31-,32+,33-,35+,36+,37+/m1/s1. The smallest absolute Gasteiger partial charge is 0.224 e. The first-order valence-corrected chi connectivity index (χ1v) is 15.0. The molecule has 1 aliphatic carbocycles. The topological polar surface area (TPSA) is 83.5 Å². The Morgan fingerprint density at radius 1 is 0.614 bits per heavy atom.